The van der Waals surface area contributed by atoms with Crippen LogP contribution in [-0.2, 0) is 22.9 Å². The van der Waals surface area contributed by atoms with E-state index in [1.165, 1.54) is 17.5 Å². The molecule has 2 aliphatic rings. The Morgan fingerprint density at radius 3 is 2.41 bits per heavy atom. The highest BCUT2D eigenvalue weighted by atomic mass is 32.2. The molecule has 2 heterocycles. The van der Waals surface area contributed by atoms with Crippen molar-refractivity contribution in [2.45, 2.75) is 49.3 Å². The average molecular weight is 454 g/mol. The zero-order valence-corrected chi connectivity index (χ0v) is 19.0. The second-order valence-corrected chi connectivity index (χ2v) is 10.4. The number of aryl methyl sites for hydroxylation is 2. The van der Waals surface area contributed by atoms with Gasteiger partial charge in [-0.05, 0) is 86.1 Å². The molecule has 32 heavy (non-hydrogen) atoms. The molecule has 0 spiro atoms. The fraction of sp³-hybridized carbons (Fsp3) is 0.417. The van der Waals surface area contributed by atoms with Crippen LogP contribution >= 0.6 is 0 Å². The minimum Gasteiger partial charge on any atom is -0.497 e. The molecule has 1 aliphatic carbocycles. The van der Waals surface area contributed by atoms with Gasteiger partial charge in [0.15, 0.2) is 0 Å². The van der Waals surface area contributed by atoms with Gasteiger partial charge in [0.1, 0.15) is 5.75 Å². The number of aromatic nitrogens is 2. The van der Waals surface area contributed by atoms with Crippen LogP contribution < -0.4 is 4.74 Å². The molecule has 1 aromatic heterocycles. The van der Waals surface area contributed by atoms with Crippen molar-refractivity contribution in [3.05, 3.63) is 59.5 Å². The highest BCUT2D eigenvalue weighted by molar-refractivity contribution is 7.89. The van der Waals surface area contributed by atoms with E-state index in [0.717, 1.165) is 30.6 Å². The number of sulfonamides is 1. The minimum atomic E-state index is -3.49. The van der Waals surface area contributed by atoms with Gasteiger partial charge in [-0.1, -0.05) is 6.07 Å². The standard InChI is InChI=1S/C24H27N3O4S/c1-30-21-9-6-18(7-10-21)23-25-26-24(31-23)19-12-14-27(15-13-19)32(28,29)22-11-8-17-4-2-3-5-20(17)16-22/h6-11,16,19H,2-5,12-15H2,1H3. The van der Waals surface area contributed by atoms with Gasteiger partial charge in [-0.3, -0.25) is 0 Å². The Bertz CT molecular complexity index is 1200. The first kappa shape index (κ1) is 21.2. The molecule has 2 aromatic carbocycles. The van der Waals surface area contributed by atoms with Crippen molar-refractivity contribution in [2.75, 3.05) is 20.2 Å². The molecule has 0 atom stereocenters. The van der Waals surface area contributed by atoms with Crippen LogP contribution in [0, 0.1) is 0 Å². The molecule has 0 unspecified atom stereocenters. The summed E-state index contributed by atoms with van der Waals surface area (Å²) in [5.74, 6) is 1.86. The Morgan fingerprint density at radius 1 is 0.969 bits per heavy atom. The quantitative estimate of drug-likeness (QED) is 0.576. The second-order valence-electron chi connectivity index (χ2n) is 8.49. The van der Waals surface area contributed by atoms with Gasteiger partial charge in [0.25, 0.3) is 0 Å². The van der Waals surface area contributed by atoms with Crippen LogP contribution in [0.2, 0.25) is 0 Å². The molecule has 0 saturated carbocycles. The zero-order valence-electron chi connectivity index (χ0n) is 18.2. The van der Waals surface area contributed by atoms with Gasteiger partial charge in [0.2, 0.25) is 21.8 Å². The zero-order chi connectivity index (χ0) is 22.1. The number of rotatable bonds is 5. The molecule has 0 N–H and O–H groups in total. The SMILES string of the molecule is COc1ccc(-c2nnc(C3CCN(S(=O)(=O)c4ccc5c(c4)CCCC5)CC3)o2)cc1. The Labute approximate surface area is 188 Å². The molecular formula is C24H27N3O4S. The summed E-state index contributed by atoms with van der Waals surface area (Å²) >= 11 is 0. The van der Waals surface area contributed by atoms with Crippen molar-refractivity contribution in [3.8, 4) is 17.2 Å². The fourth-order valence-electron chi connectivity index (χ4n) is 4.61. The lowest BCUT2D eigenvalue weighted by atomic mass is 9.92. The van der Waals surface area contributed by atoms with E-state index in [1.54, 1.807) is 17.5 Å². The van der Waals surface area contributed by atoms with E-state index in [2.05, 4.69) is 10.2 Å². The maximum atomic E-state index is 13.2. The van der Waals surface area contributed by atoms with Crippen LogP contribution in [0.4, 0.5) is 0 Å². The molecule has 5 rings (SSSR count). The molecule has 7 nitrogen and oxygen atoms in total. The van der Waals surface area contributed by atoms with Gasteiger partial charge in [-0.15, -0.1) is 10.2 Å². The number of hydrogen-bond acceptors (Lipinski definition) is 6. The van der Waals surface area contributed by atoms with Crippen molar-refractivity contribution in [2.24, 2.45) is 0 Å². The van der Waals surface area contributed by atoms with Crippen molar-refractivity contribution < 1.29 is 17.6 Å². The van der Waals surface area contributed by atoms with Crippen LogP contribution in [0.25, 0.3) is 11.5 Å². The van der Waals surface area contributed by atoms with E-state index in [9.17, 15) is 8.42 Å². The third kappa shape index (κ3) is 4.04. The topological polar surface area (TPSA) is 85.5 Å². The summed E-state index contributed by atoms with van der Waals surface area (Å²) in [5, 5.41) is 8.42. The summed E-state index contributed by atoms with van der Waals surface area (Å²) < 4.78 is 39.1. The number of piperidine rings is 1. The molecule has 8 heteroatoms. The fourth-order valence-corrected chi connectivity index (χ4v) is 6.13. The predicted octanol–water partition coefficient (Wildman–Crippen LogP) is 4.19. The number of fused-ring (bicyclic) bond motifs is 1. The first-order valence-corrected chi connectivity index (χ1v) is 12.6. The molecule has 3 aromatic rings. The highest BCUT2D eigenvalue weighted by Gasteiger charge is 2.32. The minimum absolute atomic E-state index is 0.0597. The van der Waals surface area contributed by atoms with Gasteiger partial charge in [0, 0.05) is 24.6 Å². The Balaban J connectivity index is 1.26. The van der Waals surface area contributed by atoms with Gasteiger partial charge in [0.05, 0.1) is 12.0 Å². The molecule has 168 valence electrons. The van der Waals surface area contributed by atoms with Crippen LogP contribution in [0.1, 0.15) is 48.6 Å². The van der Waals surface area contributed by atoms with Crippen LogP contribution in [0.3, 0.4) is 0 Å². The van der Waals surface area contributed by atoms with Crippen molar-refractivity contribution in [1.82, 2.24) is 14.5 Å². The summed E-state index contributed by atoms with van der Waals surface area (Å²) in [4.78, 5) is 0.413. The predicted molar refractivity (Wildman–Crippen MR) is 120 cm³/mol. The molecule has 1 fully saturated rings. The number of hydrogen-bond donors (Lipinski definition) is 0. The molecule has 1 saturated heterocycles. The maximum Gasteiger partial charge on any atom is 0.247 e. The van der Waals surface area contributed by atoms with Crippen molar-refractivity contribution in [3.63, 3.8) is 0 Å². The highest BCUT2D eigenvalue weighted by Crippen LogP contribution is 2.33. The van der Waals surface area contributed by atoms with Crippen LogP contribution in [-0.4, -0.2) is 43.1 Å². The van der Waals surface area contributed by atoms with Gasteiger partial charge in [-0.2, -0.15) is 4.31 Å². The Hall–Kier alpha value is -2.71. The van der Waals surface area contributed by atoms with E-state index in [-0.39, 0.29) is 5.92 Å². The average Bonchev–Trinajstić information content (AvgIpc) is 3.34. The smallest absolute Gasteiger partial charge is 0.247 e. The monoisotopic (exact) mass is 453 g/mol. The lowest BCUT2D eigenvalue weighted by molar-refractivity contribution is 0.291. The van der Waals surface area contributed by atoms with E-state index < -0.39 is 10.0 Å². The number of nitrogens with zero attached hydrogens (tertiary/aromatic N) is 3. The number of methoxy groups -OCH3 is 1. The van der Waals surface area contributed by atoms with Gasteiger partial charge in [-0.25, -0.2) is 8.42 Å². The molecular weight excluding hydrogens is 426 g/mol. The lowest BCUT2D eigenvalue weighted by Gasteiger charge is -2.30. The molecule has 1 aliphatic heterocycles. The van der Waals surface area contributed by atoms with Crippen LogP contribution in [0.15, 0.2) is 51.8 Å². The second kappa shape index (κ2) is 8.67. The third-order valence-electron chi connectivity index (χ3n) is 6.54. The first-order chi connectivity index (χ1) is 15.5. The maximum absolute atomic E-state index is 13.2. The summed E-state index contributed by atoms with van der Waals surface area (Å²) in [5.41, 5.74) is 3.30. The Kier molecular flexibility index (Phi) is 5.73. The van der Waals surface area contributed by atoms with Crippen molar-refractivity contribution >= 4 is 10.0 Å². The molecule has 0 bridgehead atoms. The Morgan fingerprint density at radius 2 is 1.69 bits per heavy atom. The summed E-state index contributed by atoms with van der Waals surface area (Å²) in [7, 11) is -1.87. The van der Waals surface area contributed by atoms with E-state index in [4.69, 9.17) is 9.15 Å². The lowest BCUT2D eigenvalue weighted by Crippen LogP contribution is -2.38. The summed E-state index contributed by atoms with van der Waals surface area (Å²) in [6.45, 7) is 0.897. The third-order valence-corrected chi connectivity index (χ3v) is 8.43. The number of benzene rings is 2. The van der Waals surface area contributed by atoms with Crippen molar-refractivity contribution in [1.29, 1.82) is 0 Å². The summed E-state index contributed by atoms with van der Waals surface area (Å²) in [6, 6.07) is 13.1. The van der Waals surface area contributed by atoms with E-state index in [1.807, 2.05) is 36.4 Å². The number of ether oxygens (including phenoxy) is 1. The van der Waals surface area contributed by atoms with E-state index in [0.29, 0.717) is 42.6 Å². The molecule has 0 radical (unpaired) electrons. The normalized spacial score (nSPS) is 17.8. The van der Waals surface area contributed by atoms with Gasteiger partial charge < -0.3 is 9.15 Å². The van der Waals surface area contributed by atoms with E-state index >= 15 is 0 Å². The first-order valence-electron chi connectivity index (χ1n) is 11.1. The van der Waals surface area contributed by atoms with Gasteiger partial charge >= 0.3 is 0 Å². The largest absolute Gasteiger partial charge is 0.497 e. The van der Waals surface area contributed by atoms with Crippen LogP contribution in [0.5, 0.6) is 5.75 Å². The summed E-state index contributed by atoms with van der Waals surface area (Å²) in [6.07, 6.45) is 5.65. The molecule has 0 amide bonds.